The number of esters is 2. The Morgan fingerprint density at radius 1 is 0.884 bits per heavy atom. The number of hydrogen-bond donors (Lipinski definition) is 3. The van der Waals surface area contributed by atoms with Gasteiger partial charge in [-0.05, 0) is 25.5 Å². The molecule has 0 aliphatic heterocycles. The van der Waals surface area contributed by atoms with E-state index in [1.54, 1.807) is 12.1 Å². The fourth-order valence-electron chi connectivity index (χ4n) is 4.39. The maximum Gasteiger partial charge on any atom is 0.330 e. The highest BCUT2D eigenvalue weighted by atomic mass is 32.2. The molecule has 1 aromatic carbocycles. The van der Waals surface area contributed by atoms with Gasteiger partial charge in [0, 0.05) is 17.9 Å². The van der Waals surface area contributed by atoms with Crippen LogP contribution in [0.15, 0.2) is 29.2 Å². The minimum atomic E-state index is -1.69. The minimum Gasteiger partial charge on any atom is -0.467 e. The molecule has 11 heteroatoms. The molecule has 0 aromatic heterocycles. The average molecular weight is 643 g/mol. The number of aliphatic hydroxyl groups excluding tert-OH is 1. The Kier molecular flexibility index (Phi) is 23.1. The second kappa shape index (κ2) is 25.4. The van der Waals surface area contributed by atoms with Gasteiger partial charge in [0.2, 0.25) is 5.91 Å². The number of methoxy groups -OCH3 is 1. The number of rotatable bonds is 26. The van der Waals surface area contributed by atoms with Gasteiger partial charge >= 0.3 is 11.9 Å². The second-order valence-electron chi connectivity index (χ2n) is 10.8. The lowest BCUT2D eigenvalue weighted by Crippen LogP contribution is -2.53. The number of carbonyl (C=O) groups is 3. The van der Waals surface area contributed by atoms with E-state index in [-0.39, 0.29) is 18.3 Å². The molecule has 9 nitrogen and oxygen atoms in total. The molecule has 1 amide bonds. The molecule has 0 bridgehead atoms. The van der Waals surface area contributed by atoms with Crippen molar-refractivity contribution in [3.8, 4) is 0 Å². The van der Waals surface area contributed by atoms with Crippen LogP contribution in [0.25, 0.3) is 0 Å². The lowest BCUT2D eigenvalue weighted by Gasteiger charge is -2.21. The van der Waals surface area contributed by atoms with Crippen LogP contribution in [0.2, 0.25) is 0 Å². The summed E-state index contributed by atoms with van der Waals surface area (Å²) in [5.74, 6) is -0.943. The monoisotopic (exact) mass is 642 g/mol. The summed E-state index contributed by atoms with van der Waals surface area (Å²) in [6.07, 6.45) is 16.7. The van der Waals surface area contributed by atoms with Crippen LogP contribution in [0.3, 0.4) is 0 Å². The van der Waals surface area contributed by atoms with Crippen LogP contribution < -0.4 is 10.0 Å². The first-order chi connectivity index (χ1) is 20.8. The van der Waals surface area contributed by atoms with Gasteiger partial charge < -0.3 is 19.9 Å². The third-order valence-electron chi connectivity index (χ3n) is 7.05. The molecule has 1 rings (SSSR count). The Morgan fingerprint density at radius 2 is 1.44 bits per heavy atom. The predicted octanol–water partition coefficient (Wildman–Crippen LogP) is 5.38. The maximum absolute atomic E-state index is 12.9. The third-order valence-corrected chi connectivity index (χ3v) is 9.27. The number of amides is 1. The minimum absolute atomic E-state index is 0.207. The number of carbonyl (C=O) groups excluding carboxylic acids is 3. The van der Waals surface area contributed by atoms with Gasteiger partial charge in [0.1, 0.15) is 23.6 Å². The topological polar surface area (TPSA) is 131 Å². The van der Waals surface area contributed by atoms with Crippen molar-refractivity contribution in [2.75, 3.05) is 31.8 Å². The molecule has 0 heterocycles. The lowest BCUT2D eigenvalue weighted by molar-refractivity contribution is -0.146. The highest BCUT2D eigenvalue weighted by Gasteiger charge is 2.27. The number of unbranched alkanes of at least 4 members (excludes halogenated alkanes) is 12. The molecule has 0 saturated carbocycles. The van der Waals surface area contributed by atoms with E-state index in [1.807, 2.05) is 19.1 Å². The molecule has 43 heavy (non-hydrogen) atoms. The largest absolute Gasteiger partial charge is 0.467 e. The zero-order chi connectivity index (χ0) is 31.7. The normalized spacial score (nSPS) is 13.2. The van der Waals surface area contributed by atoms with E-state index in [4.69, 9.17) is 4.74 Å². The fourth-order valence-corrected chi connectivity index (χ4v) is 6.30. The molecule has 0 fully saturated rings. The van der Waals surface area contributed by atoms with Crippen LogP contribution in [0.4, 0.5) is 0 Å². The van der Waals surface area contributed by atoms with Crippen LogP contribution in [-0.4, -0.2) is 71.1 Å². The summed E-state index contributed by atoms with van der Waals surface area (Å²) in [6.45, 7) is 3.74. The van der Waals surface area contributed by atoms with Gasteiger partial charge in [-0.25, -0.2) is 13.7 Å². The predicted molar refractivity (Wildman–Crippen MR) is 174 cm³/mol. The van der Waals surface area contributed by atoms with Gasteiger partial charge in [0.05, 0.1) is 18.6 Å². The summed E-state index contributed by atoms with van der Waals surface area (Å²) in [5, 5.41) is 11.9. The fraction of sp³-hybridized carbons (Fsp3) is 0.719. The van der Waals surface area contributed by atoms with E-state index in [0.29, 0.717) is 17.1 Å². The average Bonchev–Trinajstić information content (AvgIpc) is 3.01. The van der Waals surface area contributed by atoms with Crippen LogP contribution in [0.1, 0.15) is 102 Å². The van der Waals surface area contributed by atoms with Gasteiger partial charge in [0.15, 0.2) is 6.04 Å². The Hall–Kier alpha value is -1.95. The Balaban J connectivity index is 2.30. The van der Waals surface area contributed by atoms with Gasteiger partial charge in [-0.15, -0.1) is 0 Å². The third kappa shape index (κ3) is 19.1. The van der Waals surface area contributed by atoms with Crippen LogP contribution in [-0.2, 0) is 34.8 Å². The summed E-state index contributed by atoms with van der Waals surface area (Å²) in [5.41, 5.74) is 1.01. The van der Waals surface area contributed by atoms with E-state index in [0.717, 1.165) is 31.9 Å². The summed E-state index contributed by atoms with van der Waals surface area (Å²) in [6, 6.07) is 4.90. The molecule has 3 unspecified atom stereocenters. The standard InChI is InChI=1S/C32H54N2O7S2/c1-4-5-6-7-8-9-10-11-12-13-14-15-16-17-30(36)41-22-23-42-25-29(31(37)33-28(24-35)32(38)40-3)34-43(39)27-20-18-26(2)19-21-27/h18-21,28-29,34-35H,4-17,22-25H2,1-3H3,(H,33,37). The van der Waals surface area contributed by atoms with Crippen molar-refractivity contribution >= 4 is 40.6 Å². The molecule has 3 N–H and O–H groups in total. The zero-order valence-electron chi connectivity index (χ0n) is 26.4. The van der Waals surface area contributed by atoms with E-state index in [2.05, 4.69) is 21.7 Å². The quantitative estimate of drug-likeness (QED) is 0.0907. The number of aryl methyl sites for hydroxylation is 1. The Bertz CT molecular complexity index is 931. The number of nitrogens with one attached hydrogen (secondary N) is 2. The summed E-state index contributed by atoms with van der Waals surface area (Å²) in [7, 11) is -0.523. The first-order valence-electron chi connectivity index (χ1n) is 15.8. The van der Waals surface area contributed by atoms with E-state index < -0.39 is 41.6 Å². The van der Waals surface area contributed by atoms with E-state index >= 15 is 0 Å². The highest BCUT2D eigenvalue weighted by molar-refractivity contribution is 7.99. The van der Waals surface area contributed by atoms with Gasteiger partial charge in [-0.2, -0.15) is 11.8 Å². The summed E-state index contributed by atoms with van der Waals surface area (Å²) >= 11 is 1.35. The molecular weight excluding hydrogens is 588 g/mol. The van der Waals surface area contributed by atoms with Gasteiger partial charge in [-0.1, -0.05) is 102 Å². The first kappa shape index (κ1) is 39.1. The van der Waals surface area contributed by atoms with Crippen molar-refractivity contribution in [1.82, 2.24) is 10.0 Å². The van der Waals surface area contributed by atoms with Crippen LogP contribution in [0, 0.1) is 6.92 Å². The van der Waals surface area contributed by atoms with Crippen molar-refractivity contribution < 1.29 is 33.2 Å². The van der Waals surface area contributed by atoms with E-state index in [1.165, 1.54) is 76.0 Å². The molecule has 0 aliphatic carbocycles. The Morgan fingerprint density at radius 3 is 1.98 bits per heavy atom. The second-order valence-corrected chi connectivity index (χ2v) is 13.2. The molecule has 3 atom stereocenters. The molecular formula is C32H54N2O7S2. The molecule has 0 saturated heterocycles. The van der Waals surface area contributed by atoms with Crippen molar-refractivity contribution in [1.29, 1.82) is 0 Å². The van der Waals surface area contributed by atoms with Crippen molar-refractivity contribution in [2.45, 2.75) is 121 Å². The van der Waals surface area contributed by atoms with Crippen molar-refractivity contribution in [3.05, 3.63) is 29.8 Å². The number of ether oxygens (including phenoxy) is 2. The SMILES string of the molecule is CCCCCCCCCCCCCCCC(=O)OCCSCC(NS(=O)c1ccc(C)cc1)C(=O)NC(CO)C(=O)OC. The molecule has 0 radical (unpaired) electrons. The summed E-state index contributed by atoms with van der Waals surface area (Å²) in [4.78, 5) is 37.3. The number of hydrogen-bond acceptors (Lipinski definition) is 8. The van der Waals surface area contributed by atoms with Gasteiger partial charge in [-0.3, -0.25) is 9.59 Å². The lowest BCUT2D eigenvalue weighted by atomic mass is 10.0. The summed E-state index contributed by atoms with van der Waals surface area (Å²) < 4.78 is 25.6. The van der Waals surface area contributed by atoms with Gasteiger partial charge in [0.25, 0.3) is 0 Å². The van der Waals surface area contributed by atoms with Crippen molar-refractivity contribution in [3.63, 3.8) is 0 Å². The highest BCUT2D eigenvalue weighted by Crippen LogP contribution is 2.14. The molecule has 1 aromatic rings. The molecule has 0 aliphatic rings. The number of benzene rings is 1. The number of aliphatic hydroxyl groups is 1. The van der Waals surface area contributed by atoms with Crippen LogP contribution in [0.5, 0.6) is 0 Å². The first-order valence-corrected chi connectivity index (χ1v) is 18.1. The Labute approximate surface area is 265 Å². The smallest absolute Gasteiger partial charge is 0.330 e. The van der Waals surface area contributed by atoms with E-state index in [9.17, 15) is 23.7 Å². The maximum atomic E-state index is 12.9. The van der Waals surface area contributed by atoms with Crippen LogP contribution >= 0.6 is 11.8 Å². The molecule has 0 spiro atoms. The number of thioether (sulfide) groups is 1. The zero-order valence-corrected chi connectivity index (χ0v) is 28.0. The molecule has 246 valence electrons. The van der Waals surface area contributed by atoms with Crippen molar-refractivity contribution in [2.24, 2.45) is 0 Å².